The maximum Gasteiger partial charge on any atom is 0.229 e. The minimum atomic E-state index is 0.206. The van der Waals surface area contributed by atoms with Gasteiger partial charge >= 0.3 is 0 Å². The van der Waals surface area contributed by atoms with Crippen LogP contribution >= 0.6 is 0 Å². The number of hydrogen-bond acceptors (Lipinski definition) is 8. The minimum absolute atomic E-state index is 0.206. The fourth-order valence-corrected chi connectivity index (χ4v) is 1.49. The largest absolute Gasteiger partial charge is 0.368 e. The third kappa shape index (κ3) is 6.73. The Morgan fingerprint density at radius 1 is 0.737 bits per heavy atom. The number of nitrogens with one attached hydrogen (secondary N) is 2. The molecular weight excluding hydrogens is 244 g/mol. The van der Waals surface area contributed by atoms with Gasteiger partial charge in [0.2, 0.25) is 17.8 Å². The topological polar surface area (TPSA) is 141 Å². The molecule has 1 aromatic rings. The molecule has 0 spiro atoms. The molecule has 8 heteroatoms. The smallest absolute Gasteiger partial charge is 0.229 e. The minimum Gasteiger partial charge on any atom is -0.368 e. The van der Waals surface area contributed by atoms with Gasteiger partial charge in [0.15, 0.2) is 0 Å². The Bertz CT molecular complexity index is 326. The quantitative estimate of drug-likeness (QED) is 0.366. The van der Waals surface area contributed by atoms with E-state index in [-0.39, 0.29) is 5.95 Å². The van der Waals surface area contributed by atoms with E-state index < -0.39 is 0 Å². The molecule has 0 radical (unpaired) electrons. The van der Waals surface area contributed by atoms with Crippen LogP contribution in [0.4, 0.5) is 17.8 Å². The summed E-state index contributed by atoms with van der Waals surface area (Å²) in [7, 11) is 0. The third-order valence-corrected chi connectivity index (χ3v) is 2.48. The van der Waals surface area contributed by atoms with Crippen molar-refractivity contribution >= 4 is 17.8 Å². The molecule has 1 heterocycles. The van der Waals surface area contributed by atoms with Gasteiger partial charge in [-0.25, -0.2) is 0 Å². The number of hydrogen-bond donors (Lipinski definition) is 5. The van der Waals surface area contributed by atoms with Crippen molar-refractivity contribution in [3.63, 3.8) is 0 Å². The third-order valence-electron chi connectivity index (χ3n) is 2.48. The molecular formula is C11H24N8. The molecule has 1 rings (SSSR count). The Hall–Kier alpha value is -1.67. The summed E-state index contributed by atoms with van der Waals surface area (Å²) in [6, 6.07) is 0. The van der Waals surface area contributed by atoms with Gasteiger partial charge in [-0.1, -0.05) is 0 Å². The highest BCUT2D eigenvalue weighted by molar-refractivity contribution is 5.39. The van der Waals surface area contributed by atoms with Crippen molar-refractivity contribution in [1.82, 2.24) is 15.0 Å². The van der Waals surface area contributed by atoms with E-state index in [4.69, 9.17) is 17.2 Å². The molecule has 19 heavy (non-hydrogen) atoms. The first kappa shape index (κ1) is 15.4. The number of aromatic nitrogens is 3. The van der Waals surface area contributed by atoms with E-state index >= 15 is 0 Å². The second-order valence-corrected chi connectivity index (χ2v) is 4.19. The van der Waals surface area contributed by atoms with Crippen LogP contribution in [0, 0.1) is 0 Å². The molecule has 108 valence electrons. The lowest BCUT2D eigenvalue weighted by molar-refractivity contribution is 0.764. The maximum atomic E-state index is 5.64. The molecule has 0 unspecified atom stereocenters. The summed E-state index contributed by atoms with van der Waals surface area (Å²) in [6.07, 6.45) is 3.89. The lowest BCUT2D eigenvalue weighted by Gasteiger charge is -2.08. The van der Waals surface area contributed by atoms with Gasteiger partial charge in [-0.15, -0.1) is 0 Å². The molecule has 0 bridgehead atoms. The molecule has 8 nitrogen and oxygen atoms in total. The summed E-state index contributed by atoms with van der Waals surface area (Å²) >= 11 is 0. The van der Waals surface area contributed by atoms with E-state index in [1.807, 2.05) is 0 Å². The first-order valence-corrected chi connectivity index (χ1v) is 6.65. The van der Waals surface area contributed by atoms with Crippen LogP contribution in [0.1, 0.15) is 25.7 Å². The van der Waals surface area contributed by atoms with Crippen molar-refractivity contribution in [2.45, 2.75) is 25.7 Å². The van der Waals surface area contributed by atoms with Crippen LogP contribution in [0.5, 0.6) is 0 Å². The number of anilines is 3. The lowest BCUT2D eigenvalue weighted by atomic mass is 10.3. The number of nitrogens with two attached hydrogens (primary N) is 3. The van der Waals surface area contributed by atoms with Crippen molar-refractivity contribution in [2.75, 3.05) is 42.5 Å². The molecule has 0 aliphatic heterocycles. The van der Waals surface area contributed by atoms with Gasteiger partial charge in [-0.05, 0) is 38.8 Å². The van der Waals surface area contributed by atoms with Crippen LogP contribution in [-0.2, 0) is 0 Å². The predicted molar refractivity (Wildman–Crippen MR) is 77.8 cm³/mol. The number of unbranched alkanes of at least 4 members (excludes halogenated alkanes) is 2. The van der Waals surface area contributed by atoms with Gasteiger partial charge in [0.05, 0.1) is 0 Å². The molecule has 1 aromatic heterocycles. The second-order valence-electron chi connectivity index (χ2n) is 4.19. The van der Waals surface area contributed by atoms with Crippen molar-refractivity contribution in [3.05, 3.63) is 0 Å². The van der Waals surface area contributed by atoms with E-state index in [0.29, 0.717) is 25.0 Å². The van der Waals surface area contributed by atoms with Gasteiger partial charge < -0.3 is 27.8 Å². The summed E-state index contributed by atoms with van der Waals surface area (Å²) < 4.78 is 0. The Morgan fingerprint density at radius 2 is 1.21 bits per heavy atom. The Balaban J connectivity index is 2.41. The summed E-state index contributed by atoms with van der Waals surface area (Å²) in [4.78, 5) is 12.3. The molecule has 0 fully saturated rings. The van der Waals surface area contributed by atoms with Crippen LogP contribution < -0.4 is 27.8 Å². The Kier molecular flexibility index (Phi) is 7.52. The van der Waals surface area contributed by atoms with Crippen molar-refractivity contribution in [1.29, 1.82) is 0 Å². The van der Waals surface area contributed by atoms with Crippen molar-refractivity contribution < 1.29 is 0 Å². The van der Waals surface area contributed by atoms with Crippen LogP contribution in [-0.4, -0.2) is 41.1 Å². The zero-order chi connectivity index (χ0) is 13.9. The molecule has 0 aromatic carbocycles. The van der Waals surface area contributed by atoms with Gasteiger partial charge in [0, 0.05) is 13.1 Å². The van der Waals surface area contributed by atoms with Crippen LogP contribution in [0.3, 0.4) is 0 Å². The fourth-order valence-electron chi connectivity index (χ4n) is 1.49. The standard InChI is InChI=1S/C11H24N8/c12-5-1-3-7-15-10-17-9(14)18-11(19-10)16-8-4-2-6-13/h1-8,12-13H2,(H4,14,15,16,17,18,19). The molecule has 0 saturated heterocycles. The first-order chi connectivity index (χ1) is 9.26. The van der Waals surface area contributed by atoms with E-state index in [9.17, 15) is 0 Å². The number of nitrogen functional groups attached to an aromatic ring is 1. The highest BCUT2D eigenvalue weighted by Crippen LogP contribution is 2.07. The van der Waals surface area contributed by atoms with Crippen LogP contribution in [0.25, 0.3) is 0 Å². The number of nitrogens with zero attached hydrogens (tertiary/aromatic N) is 3. The SMILES string of the molecule is NCCCCNc1nc(N)nc(NCCCCN)n1. The Morgan fingerprint density at radius 3 is 1.63 bits per heavy atom. The summed E-state index contributed by atoms with van der Waals surface area (Å²) in [5.74, 6) is 1.19. The average Bonchev–Trinajstić information content (AvgIpc) is 2.39. The molecule has 0 saturated carbocycles. The van der Waals surface area contributed by atoms with Gasteiger partial charge in [-0.2, -0.15) is 15.0 Å². The molecule has 8 N–H and O–H groups in total. The van der Waals surface area contributed by atoms with Gasteiger partial charge in [-0.3, -0.25) is 0 Å². The van der Waals surface area contributed by atoms with Crippen molar-refractivity contribution in [3.8, 4) is 0 Å². The highest BCUT2D eigenvalue weighted by Gasteiger charge is 2.03. The molecule has 0 aliphatic rings. The van der Waals surface area contributed by atoms with E-state index in [1.54, 1.807) is 0 Å². The summed E-state index contributed by atoms with van der Waals surface area (Å²) in [5.41, 5.74) is 16.5. The van der Waals surface area contributed by atoms with Crippen LogP contribution in [0.2, 0.25) is 0 Å². The number of rotatable bonds is 10. The second kappa shape index (κ2) is 9.29. The molecule has 0 amide bonds. The van der Waals surface area contributed by atoms with E-state index in [0.717, 1.165) is 38.8 Å². The zero-order valence-electron chi connectivity index (χ0n) is 11.2. The fraction of sp³-hybridized carbons (Fsp3) is 0.727. The maximum absolute atomic E-state index is 5.64. The zero-order valence-corrected chi connectivity index (χ0v) is 11.2. The molecule has 0 aliphatic carbocycles. The highest BCUT2D eigenvalue weighted by atomic mass is 15.2. The van der Waals surface area contributed by atoms with Crippen LogP contribution in [0.15, 0.2) is 0 Å². The van der Waals surface area contributed by atoms with Gasteiger partial charge in [0.1, 0.15) is 0 Å². The van der Waals surface area contributed by atoms with Crippen molar-refractivity contribution in [2.24, 2.45) is 11.5 Å². The lowest BCUT2D eigenvalue weighted by Crippen LogP contribution is -2.13. The predicted octanol–water partition coefficient (Wildman–Crippen LogP) is -0.245. The molecule has 0 atom stereocenters. The van der Waals surface area contributed by atoms with E-state index in [2.05, 4.69) is 25.6 Å². The first-order valence-electron chi connectivity index (χ1n) is 6.65. The monoisotopic (exact) mass is 268 g/mol. The van der Waals surface area contributed by atoms with Gasteiger partial charge in [0.25, 0.3) is 0 Å². The van der Waals surface area contributed by atoms with E-state index in [1.165, 1.54) is 0 Å². The normalized spacial score (nSPS) is 10.4. The average molecular weight is 268 g/mol. The summed E-state index contributed by atoms with van der Waals surface area (Å²) in [6.45, 7) is 2.92. The Labute approximate surface area is 113 Å². The summed E-state index contributed by atoms with van der Waals surface area (Å²) in [5, 5.41) is 6.21.